The number of nitrogens with zero attached hydrogens (tertiary/aromatic N) is 4. The number of fused-ring (bicyclic) bond motifs is 1. The number of thioether (sulfide) groups is 1. The highest BCUT2D eigenvalue weighted by Gasteiger charge is 2.73. The van der Waals surface area contributed by atoms with Crippen molar-refractivity contribution in [1.29, 1.82) is 0 Å². The molecular weight excluding hydrogens is 528 g/mol. The van der Waals surface area contributed by atoms with E-state index in [-0.39, 0.29) is 29.6 Å². The maximum absolute atomic E-state index is 14.5. The van der Waals surface area contributed by atoms with Gasteiger partial charge in [0.1, 0.15) is 6.04 Å². The number of morpholine rings is 1. The minimum atomic E-state index is -0.587. The molecule has 5 atom stereocenters. The first-order chi connectivity index (χ1) is 19.4. The summed E-state index contributed by atoms with van der Waals surface area (Å²) < 4.78 is 4.90. The smallest absolute Gasteiger partial charge is 0.247 e. The lowest BCUT2D eigenvalue weighted by atomic mass is 9.70. The average Bonchev–Trinajstić information content (AvgIpc) is 3.60. The van der Waals surface area contributed by atoms with E-state index in [2.05, 4.69) is 25.0 Å². The normalized spacial score (nSPS) is 29.4. The van der Waals surface area contributed by atoms with Crippen LogP contribution in [0.5, 0.6) is 0 Å². The molecule has 9 nitrogen and oxygen atoms in total. The Morgan fingerprint density at radius 3 is 2.42 bits per heavy atom. The molecule has 4 aliphatic heterocycles. The van der Waals surface area contributed by atoms with Crippen LogP contribution in [-0.2, 0) is 19.1 Å². The van der Waals surface area contributed by atoms with Gasteiger partial charge in [0.15, 0.2) is 0 Å². The molecule has 4 saturated heterocycles. The Bertz CT molecular complexity index is 928. The van der Waals surface area contributed by atoms with E-state index in [0.29, 0.717) is 52.4 Å². The van der Waals surface area contributed by atoms with Gasteiger partial charge in [-0.1, -0.05) is 19.1 Å². The van der Waals surface area contributed by atoms with Crippen LogP contribution in [0.2, 0.25) is 0 Å². The molecule has 0 radical (unpaired) electrons. The molecule has 4 aliphatic rings. The highest BCUT2D eigenvalue weighted by atomic mass is 32.2. The molecule has 0 saturated carbocycles. The predicted molar refractivity (Wildman–Crippen MR) is 158 cm³/mol. The second-order valence-corrected chi connectivity index (χ2v) is 13.1. The van der Waals surface area contributed by atoms with Gasteiger partial charge in [0.2, 0.25) is 17.7 Å². The van der Waals surface area contributed by atoms with Crippen molar-refractivity contribution in [2.45, 2.75) is 61.5 Å². The number of amides is 3. The third kappa shape index (κ3) is 6.15. The minimum Gasteiger partial charge on any atom is -0.396 e. The standard InChI is InChI=1S/C30H48N4O5S/c1-4-12-32(13-5-2)27(36)24-23-10-11-30(40-23)25(24)28(37)34(15-8-7-9-20-35)26(30)29(38)33(14-6-3)17-16-31-18-21-39-22-19-31/h4,6,23-26,35H,1,3,5,7-22H2,2H3/t23-,24+,25+,26?,30?/m1/s1. The molecule has 4 heterocycles. The topological polar surface area (TPSA) is 93.6 Å². The minimum absolute atomic E-state index is 0.0241. The van der Waals surface area contributed by atoms with Crippen LogP contribution in [0, 0.1) is 11.8 Å². The molecule has 1 spiro atoms. The number of rotatable bonds is 16. The van der Waals surface area contributed by atoms with Crippen LogP contribution in [0.3, 0.4) is 0 Å². The van der Waals surface area contributed by atoms with E-state index in [4.69, 9.17) is 4.74 Å². The van der Waals surface area contributed by atoms with E-state index in [0.717, 1.165) is 51.7 Å². The third-order valence-corrected chi connectivity index (χ3v) is 10.9. The molecule has 1 N–H and O–H groups in total. The lowest BCUT2D eigenvalue weighted by Crippen LogP contribution is -2.56. The Morgan fingerprint density at radius 1 is 1.07 bits per heavy atom. The predicted octanol–water partition coefficient (Wildman–Crippen LogP) is 2.01. The van der Waals surface area contributed by atoms with E-state index in [9.17, 15) is 19.5 Å². The van der Waals surface area contributed by atoms with E-state index >= 15 is 0 Å². The summed E-state index contributed by atoms with van der Waals surface area (Å²) in [5, 5.41) is 9.34. The Morgan fingerprint density at radius 2 is 1.77 bits per heavy atom. The number of likely N-dealkylation sites (tertiary alicyclic amines) is 1. The van der Waals surface area contributed by atoms with Crippen molar-refractivity contribution in [2.24, 2.45) is 11.8 Å². The SMILES string of the molecule is C=CCN(CCN1CCOCC1)C(=O)C1N(CCCCCO)C(=O)[C@@H]2[C@@H](C(=O)N(CC=C)CCC)[C@H]3CCC12S3. The average molecular weight is 577 g/mol. The third-order valence-electron chi connectivity index (χ3n) is 8.98. The molecule has 0 aromatic heterocycles. The second kappa shape index (κ2) is 14.3. The Balaban J connectivity index is 1.62. The summed E-state index contributed by atoms with van der Waals surface area (Å²) in [6, 6.07) is -0.587. The molecule has 2 unspecified atom stereocenters. The van der Waals surface area contributed by atoms with Gasteiger partial charge < -0.3 is 24.5 Å². The van der Waals surface area contributed by atoms with Crippen molar-refractivity contribution in [2.75, 3.05) is 72.2 Å². The quantitative estimate of drug-likeness (QED) is 0.222. The number of carbonyl (C=O) groups is 3. The lowest BCUT2D eigenvalue weighted by molar-refractivity contribution is -0.144. The summed E-state index contributed by atoms with van der Waals surface area (Å²) in [7, 11) is 0. The van der Waals surface area contributed by atoms with Crippen LogP contribution in [-0.4, -0.2) is 131 Å². The van der Waals surface area contributed by atoms with Gasteiger partial charge in [0, 0.05) is 64.2 Å². The van der Waals surface area contributed by atoms with Gasteiger partial charge >= 0.3 is 0 Å². The van der Waals surface area contributed by atoms with Gasteiger partial charge in [-0.3, -0.25) is 19.3 Å². The first-order valence-corrected chi connectivity index (χ1v) is 16.0. The molecule has 4 rings (SSSR count). The molecule has 0 aliphatic carbocycles. The van der Waals surface area contributed by atoms with Crippen LogP contribution in [0.25, 0.3) is 0 Å². The van der Waals surface area contributed by atoms with Crippen LogP contribution in [0.4, 0.5) is 0 Å². The fourth-order valence-corrected chi connectivity index (χ4v) is 9.37. The number of unbranched alkanes of at least 4 members (excludes halogenated alkanes) is 2. The fraction of sp³-hybridized carbons (Fsp3) is 0.767. The van der Waals surface area contributed by atoms with E-state index in [1.807, 2.05) is 14.7 Å². The molecule has 0 aromatic carbocycles. The Labute approximate surface area is 243 Å². The molecule has 4 fully saturated rings. The van der Waals surface area contributed by atoms with Crippen molar-refractivity contribution in [3.05, 3.63) is 25.3 Å². The number of hydrogen-bond acceptors (Lipinski definition) is 7. The summed E-state index contributed by atoms with van der Waals surface area (Å²) in [5.41, 5.74) is 0. The lowest BCUT2D eigenvalue weighted by Gasteiger charge is -2.38. The van der Waals surface area contributed by atoms with Gasteiger partial charge in [-0.15, -0.1) is 24.9 Å². The monoisotopic (exact) mass is 576 g/mol. The van der Waals surface area contributed by atoms with E-state index in [1.54, 1.807) is 23.9 Å². The zero-order chi connectivity index (χ0) is 28.7. The Kier molecular flexibility index (Phi) is 11.1. The molecule has 2 bridgehead atoms. The summed E-state index contributed by atoms with van der Waals surface area (Å²) in [4.78, 5) is 50.5. The van der Waals surface area contributed by atoms with Crippen molar-refractivity contribution in [3.63, 3.8) is 0 Å². The number of ether oxygens (including phenoxy) is 1. The zero-order valence-corrected chi connectivity index (χ0v) is 25.0. The maximum atomic E-state index is 14.5. The number of carbonyl (C=O) groups excluding carboxylic acids is 3. The highest BCUT2D eigenvalue weighted by molar-refractivity contribution is 8.02. The Hall–Kier alpha value is -1.88. The van der Waals surface area contributed by atoms with Gasteiger partial charge in [0.25, 0.3) is 0 Å². The van der Waals surface area contributed by atoms with Gasteiger partial charge in [-0.2, -0.15) is 0 Å². The molecule has 10 heteroatoms. The summed E-state index contributed by atoms with van der Waals surface area (Å²) in [6.07, 6.45) is 8.14. The zero-order valence-electron chi connectivity index (χ0n) is 24.2. The van der Waals surface area contributed by atoms with E-state index in [1.165, 1.54) is 0 Å². The van der Waals surface area contributed by atoms with Crippen molar-refractivity contribution in [1.82, 2.24) is 19.6 Å². The largest absolute Gasteiger partial charge is 0.396 e. The van der Waals surface area contributed by atoms with Gasteiger partial charge in [0.05, 0.1) is 29.8 Å². The van der Waals surface area contributed by atoms with Gasteiger partial charge in [-0.25, -0.2) is 0 Å². The first kappa shape index (κ1) is 31.1. The number of aliphatic hydroxyl groups is 1. The summed E-state index contributed by atoms with van der Waals surface area (Å²) in [5.74, 6) is -0.926. The molecule has 224 valence electrons. The highest BCUT2D eigenvalue weighted by Crippen LogP contribution is 2.66. The maximum Gasteiger partial charge on any atom is 0.247 e. The fourth-order valence-electron chi connectivity index (χ4n) is 7.16. The first-order valence-electron chi connectivity index (χ1n) is 15.1. The number of aliphatic hydroxyl groups excluding tert-OH is 1. The van der Waals surface area contributed by atoms with E-state index < -0.39 is 22.6 Å². The van der Waals surface area contributed by atoms with Crippen LogP contribution in [0.1, 0.15) is 45.4 Å². The van der Waals surface area contributed by atoms with Crippen molar-refractivity contribution < 1.29 is 24.2 Å². The molecule has 40 heavy (non-hydrogen) atoms. The van der Waals surface area contributed by atoms with Crippen LogP contribution in [0.15, 0.2) is 25.3 Å². The molecular formula is C30H48N4O5S. The summed E-state index contributed by atoms with van der Waals surface area (Å²) in [6.45, 7) is 16.3. The van der Waals surface area contributed by atoms with Crippen LogP contribution < -0.4 is 0 Å². The second-order valence-electron chi connectivity index (χ2n) is 11.5. The number of hydrogen-bond donors (Lipinski definition) is 1. The van der Waals surface area contributed by atoms with Crippen LogP contribution >= 0.6 is 11.8 Å². The van der Waals surface area contributed by atoms with Crippen molar-refractivity contribution >= 4 is 29.5 Å². The summed E-state index contributed by atoms with van der Waals surface area (Å²) >= 11 is 1.73. The van der Waals surface area contributed by atoms with Gasteiger partial charge in [-0.05, 0) is 38.5 Å². The molecule has 0 aromatic rings. The molecule has 3 amide bonds. The van der Waals surface area contributed by atoms with Crippen molar-refractivity contribution in [3.8, 4) is 0 Å².